The number of carbonyl (C=O) groups excluding carboxylic acids is 2. The molecular formula is C44H40Cl2F4N2O2Ti. The molecule has 2 N–H and O–H groups in total. The summed E-state index contributed by atoms with van der Waals surface area (Å²) in [7, 11) is 0. The second-order valence-corrected chi connectivity index (χ2v) is 12.7. The Morgan fingerprint density at radius 3 is 1.33 bits per heavy atom. The minimum Gasteiger partial charge on any atom is -0.373 e. The van der Waals surface area contributed by atoms with Crippen molar-refractivity contribution < 1.29 is 48.9 Å². The first-order chi connectivity index (χ1) is 26.0. The molecule has 2 aliphatic rings. The molecule has 2 amide bonds. The molecule has 0 aromatic heterocycles. The smallest absolute Gasteiger partial charge is 0.373 e. The molecule has 0 atom stereocenters. The molecule has 0 heterocycles. The van der Waals surface area contributed by atoms with E-state index in [1.54, 1.807) is 36.4 Å². The number of benzene rings is 4. The molecule has 4 aromatic carbocycles. The second-order valence-electron chi connectivity index (χ2n) is 11.8. The first-order valence-electron chi connectivity index (χ1n) is 17.4. The summed E-state index contributed by atoms with van der Waals surface area (Å²) >= 11 is 11.9. The van der Waals surface area contributed by atoms with Crippen molar-refractivity contribution in [3.8, 4) is 0 Å². The molecule has 0 fully saturated rings. The molecule has 55 heavy (non-hydrogen) atoms. The monoisotopic (exact) mass is 822 g/mol. The van der Waals surface area contributed by atoms with Crippen LogP contribution in [-0.2, 0) is 34.6 Å². The molecule has 2 aliphatic carbocycles. The quantitative estimate of drug-likeness (QED) is 0.0951. The molecule has 11 heteroatoms. The van der Waals surface area contributed by atoms with Crippen LogP contribution in [0.15, 0.2) is 97.1 Å². The fraction of sp³-hybridized carbons (Fsp3) is 0.227. The number of anilines is 2. The van der Waals surface area contributed by atoms with E-state index >= 15 is 0 Å². The van der Waals surface area contributed by atoms with Crippen LogP contribution in [0, 0.1) is 47.6 Å². The number of rotatable bonds is 10. The van der Waals surface area contributed by atoms with Gasteiger partial charge in [-0.3, -0.25) is 21.7 Å². The SMILES string of the molecule is CCCCc1cc(Cl)ccc1C(=O)Nc1ccc(F)[c-]c1F.CCCCc1cc(Cl)ccc1C(=O)Nc1ccc(F)[c-]c1F.[C-]1=CC=CC1.[C-]1=CC=CC1.[Ti+4]. The van der Waals surface area contributed by atoms with Crippen molar-refractivity contribution in [3.05, 3.63) is 177 Å². The molecule has 4 aromatic rings. The predicted octanol–water partition coefficient (Wildman–Crippen LogP) is 12.6. The zero-order valence-corrected chi connectivity index (χ0v) is 33.6. The summed E-state index contributed by atoms with van der Waals surface area (Å²) < 4.78 is 52.8. The fourth-order valence-corrected chi connectivity index (χ4v) is 5.24. The molecule has 0 radical (unpaired) electrons. The van der Waals surface area contributed by atoms with Crippen molar-refractivity contribution >= 4 is 46.4 Å². The molecule has 4 nitrogen and oxygen atoms in total. The van der Waals surface area contributed by atoms with Crippen molar-refractivity contribution in [3.63, 3.8) is 0 Å². The molecule has 0 spiro atoms. The standard InChI is InChI=1S/2C17H15ClF2NO.2C5H5.Ti/c2*1-2-3-4-11-9-12(18)5-7-14(11)17(22)21-16-8-6-13(19)10-15(16)20;2*1-2-4-5-3-1;/h2*5-9H,2-4H2,1H3,(H,21,22);2*1-3H,4H2;/q4*-1;+4. The van der Waals surface area contributed by atoms with E-state index < -0.39 is 35.1 Å². The van der Waals surface area contributed by atoms with Crippen LogP contribution < -0.4 is 10.6 Å². The Labute approximate surface area is 346 Å². The normalized spacial score (nSPS) is 11.6. The first-order valence-corrected chi connectivity index (χ1v) is 18.2. The van der Waals surface area contributed by atoms with Crippen molar-refractivity contribution in [1.82, 2.24) is 0 Å². The molecule has 0 saturated carbocycles. The van der Waals surface area contributed by atoms with Gasteiger partial charge in [0.25, 0.3) is 0 Å². The summed E-state index contributed by atoms with van der Waals surface area (Å²) in [5.41, 5.74) is 2.26. The van der Waals surface area contributed by atoms with E-state index in [0.717, 1.165) is 61.8 Å². The molecular weight excluding hydrogens is 783 g/mol. The van der Waals surface area contributed by atoms with Gasteiger partial charge in [-0.1, -0.05) is 49.9 Å². The molecule has 0 aliphatic heterocycles. The van der Waals surface area contributed by atoms with E-state index in [-0.39, 0.29) is 33.1 Å². The van der Waals surface area contributed by atoms with E-state index in [1.165, 1.54) is 12.1 Å². The van der Waals surface area contributed by atoms with Crippen LogP contribution in [0.1, 0.15) is 84.2 Å². The topological polar surface area (TPSA) is 58.2 Å². The maximum atomic E-state index is 13.6. The van der Waals surface area contributed by atoms with Gasteiger partial charge in [0.05, 0.1) is 0 Å². The number of carbonyl (C=O) groups is 2. The van der Waals surface area contributed by atoms with Crippen LogP contribution >= 0.6 is 23.2 Å². The molecule has 0 bridgehead atoms. The summed E-state index contributed by atoms with van der Waals surface area (Å²) in [6.07, 6.45) is 25.2. The number of aryl methyl sites for hydroxylation is 2. The van der Waals surface area contributed by atoms with Gasteiger partial charge < -0.3 is 10.6 Å². The number of allylic oxidation sites excluding steroid dienone is 8. The van der Waals surface area contributed by atoms with Crippen LogP contribution in [0.2, 0.25) is 10.0 Å². The van der Waals surface area contributed by atoms with E-state index in [1.807, 2.05) is 50.3 Å². The number of halogens is 6. The summed E-state index contributed by atoms with van der Waals surface area (Å²) in [5.74, 6) is -4.41. The molecule has 0 saturated heterocycles. The van der Waals surface area contributed by atoms with Gasteiger partial charge in [0, 0.05) is 44.4 Å². The Balaban J connectivity index is 0.000000298. The van der Waals surface area contributed by atoms with Crippen molar-refractivity contribution in [2.45, 2.75) is 65.2 Å². The van der Waals surface area contributed by atoms with Crippen LogP contribution in [0.5, 0.6) is 0 Å². The predicted molar refractivity (Wildman–Crippen MR) is 210 cm³/mol. The Morgan fingerprint density at radius 2 is 1.04 bits per heavy atom. The third-order valence-electron chi connectivity index (χ3n) is 7.62. The molecule has 0 unspecified atom stereocenters. The minimum atomic E-state index is -0.933. The second kappa shape index (κ2) is 25.8. The third-order valence-corrected chi connectivity index (χ3v) is 8.09. The van der Waals surface area contributed by atoms with Gasteiger partial charge in [-0.25, -0.2) is 41.9 Å². The van der Waals surface area contributed by atoms with Crippen LogP contribution in [-0.4, -0.2) is 11.8 Å². The largest absolute Gasteiger partial charge is 4.00 e. The zero-order chi connectivity index (χ0) is 39.3. The fourth-order valence-electron chi connectivity index (χ4n) is 4.86. The van der Waals surface area contributed by atoms with Crippen molar-refractivity contribution in [2.75, 3.05) is 10.6 Å². The van der Waals surface area contributed by atoms with Gasteiger partial charge in [-0.15, -0.1) is 49.2 Å². The van der Waals surface area contributed by atoms with Gasteiger partial charge in [-0.2, -0.15) is 12.2 Å². The van der Waals surface area contributed by atoms with E-state index in [9.17, 15) is 27.2 Å². The Kier molecular flexibility index (Phi) is 22.0. The number of hydrogen-bond donors (Lipinski definition) is 2. The Morgan fingerprint density at radius 1 is 0.636 bits per heavy atom. The van der Waals surface area contributed by atoms with Crippen LogP contribution in [0.25, 0.3) is 0 Å². The maximum absolute atomic E-state index is 13.6. The first kappa shape index (κ1) is 46.9. The number of unbranched alkanes of at least 4 members (excludes halogenated alkanes) is 2. The average molecular weight is 824 g/mol. The number of nitrogens with one attached hydrogen (secondary N) is 2. The summed E-state index contributed by atoms with van der Waals surface area (Å²) in [6, 6.07) is 18.1. The van der Waals surface area contributed by atoms with Crippen LogP contribution in [0.3, 0.4) is 0 Å². The molecule has 6 rings (SSSR count). The Hall–Kier alpha value is -4.21. The van der Waals surface area contributed by atoms with E-state index in [4.69, 9.17) is 23.2 Å². The molecule has 284 valence electrons. The maximum Gasteiger partial charge on any atom is 4.00 e. The number of amides is 2. The van der Waals surface area contributed by atoms with Gasteiger partial charge in [0.15, 0.2) is 0 Å². The van der Waals surface area contributed by atoms with Gasteiger partial charge in [-0.05, 0) is 84.6 Å². The van der Waals surface area contributed by atoms with E-state index in [0.29, 0.717) is 34.0 Å². The number of hydrogen-bond acceptors (Lipinski definition) is 2. The van der Waals surface area contributed by atoms with Gasteiger partial charge >= 0.3 is 21.7 Å². The Bertz CT molecular complexity index is 1820. The van der Waals surface area contributed by atoms with Gasteiger partial charge in [0.2, 0.25) is 11.8 Å². The summed E-state index contributed by atoms with van der Waals surface area (Å²) in [4.78, 5) is 24.6. The average Bonchev–Trinajstić information content (AvgIpc) is 3.93. The summed E-state index contributed by atoms with van der Waals surface area (Å²) in [5, 5.41) is 5.96. The third kappa shape index (κ3) is 17.0. The zero-order valence-electron chi connectivity index (χ0n) is 30.5. The van der Waals surface area contributed by atoms with Crippen molar-refractivity contribution in [2.24, 2.45) is 0 Å². The van der Waals surface area contributed by atoms with Crippen molar-refractivity contribution in [1.29, 1.82) is 0 Å². The van der Waals surface area contributed by atoms with E-state index in [2.05, 4.69) is 34.9 Å². The summed E-state index contributed by atoms with van der Waals surface area (Å²) in [6.45, 7) is 4.10. The van der Waals surface area contributed by atoms with Gasteiger partial charge in [0.1, 0.15) is 0 Å². The van der Waals surface area contributed by atoms with Crippen LogP contribution in [0.4, 0.5) is 28.9 Å². The minimum absolute atomic E-state index is 0.